The first kappa shape index (κ1) is 40.6. The van der Waals surface area contributed by atoms with Crippen molar-refractivity contribution in [1.29, 1.82) is 0 Å². The molecule has 0 bridgehead atoms. The number of thioether (sulfide) groups is 2. The van der Waals surface area contributed by atoms with Gasteiger partial charge in [0.1, 0.15) is 0 Å². The number of piperidine rings is 1. The van der Waals surface area contributed by atoms with Crippen molar-refractivity contribution >= 4 is 29.4 Å². The highest BCUT2D eigenvalue weighted by atomic mass is 32.2. The second-order valence-corrected chi connectivity index (χ2v) is 17.3. The number of nitrogens with one attached hydrogen (secondary N) is 1. The molecule has 1 heterocycles. The van der Waals surface area contributed by atoms with Crippen molar-refractivity contribution in [3.8, 4) is 0 Å². The lowest BCUT2D eigenvalue weighted by molar-refractivity contribution is -0.118. The molecule has 1 saturated heterocycles. The summed E-state index contributed by atoms with van der Waals surface area (Å²) in [7, 11) is 0. The molecule has 0 aromatic heterocycles. The molecule has 4 nitrogen and oxygen atoms in total. The molecule has 0 aliphatic carbocycles. The van der Waals surface area contributed by atoms with Crippen molar-refractivity contribution in [2.45, 2.75) is 28.8 Å². The third-order valence-electron chi connectivity index (χ3n) is 11.2. The Labute approximate surface area is 349 Å². The van der Waals surface area contributed by atoms with Crippen LogP contribution < -0.4 is 5.32 Å². The van der Waals surface area contributed by atoms with E-state index in [1.54, 1.807) is 11.8 Å². The Bertz CT molecular complexity index is 1850. The van der Waals surface area contributed by atoms with E-state index < -0.39 is 4.75 Å². The number of carbonyl (C=O) groups is 1. The second-order valence-electron chi connectivity index (χ2n) is 14.8. The summed E-state index contributed by atoms with van der Waals surface area (Å²) in [4.78, 5) is 19.0. The Morgan fingerprint density at radius 1 is 0.491 bits per heavy atom. The molecule has 7 rings (SSSR count). The summed E-state index contributed by atoms with van der Waals surface area (Å²) in [5, 5.41) is 3.34. The Kier molecular flexibility index (Phi) is 14.8. The van der Waals surface area contributed by atoms with Crippen LogP contribution in [0.5, 0.6) is 0 Å². The van der Waals surface area contributed by atoms with E-state index in [4.69, 9.17) is 0 Å². The minimum absolute atomic E-state index is 0.0637. The molecule has 6 heteroatoms. The first-order valence-corrected chi connectivity index (χ1v) is 22.5. The summed E-state index contributed by atoms with van der Waals surface area (Å²) in [5.41, 5.74) is 7.36. The number of amides is 1. The van der Waals surface area contributed by atoms with E-state index in [-0.39, 0.29) is 10.7 Å². The molecule has 6 aromatic rings. The maximum Gasteiger partial charge on any atom is 0.230 e. The Hall–Kier alpha value is -4.59. The molecule has 6 aromatic carbocycles. The van der Waals surface area contributed by atoms with Crippen LogP contribution >= 0.6 is 23.5 Å². The molecular formula is C51H55N3OS2. The second kappa shape index (κ2) is 20.7. The van der Waals surface area contributed by atoms with Crippen molar-refractivity contribution in [2.24, 2.45) is 0 Å². The van der Waals surface area contributed by atoms with Gasteiger partial charge in [0, 0.05) is 38.5 Å². The van der Waals surface area contributed by atoms with Gasteiger partial charge in [-0.15, -0.1) is 23.5 Å². The van der Waals surface area contributed by atoms with Crippen LogP contribution in [0.4, 0.5) is 0 Å². The summed E-state index contributed by atoms with van der Waals surface area (Å²) in [5.74, 6) is 1.35. The molecule has 0 saturated carbocycles. The Morgan fingerprint density at radius 2 is 0.860 bits per heavy atom. The first-order valence-electron chi connectivity index (χ1n) is 20.5. The van der Waals surface area contributed by atoms with Crippen LogP contribution in [0.15, 0.2) is 182 Å². The van der Waals surface area contributed by atoms with Crippen molar-refractivity contribution < 1.29 is 4.79 Å². The van der Waals surface area contributed by atoms with E-state index in [0.29, 0.717) is 12.3 Å². The number of rotatable bonds is 19. The predicted octanol–water partition coefficient (Wildman–Crippen LogP) is 10.3. The zero-order valence-electron chi connectivity index (χ0n) is 32.9. The summed E-state index contributed by atoms with van der Waals surface area (Å²) in [6, 6.07) is 64.8. The van der Waals surface area contributed by atoms with Gasteiger partial charge in [-0.2, -0.15) is 0 Å². The monoisotopic (exact) mass is 789 g/mol. The van der Waals surface area contributed by atoms with Crippen molar-refractivity contribution in [3.05, 3.63) is 215 Å². The molecule has 1 fully saturated rings. The maximum atomic E-state index is 13.8. The zero-order valence-corrected chi connectivity index (χ0v) is 34.6. The lowest BCUT2D eigenvalue weighted by atomic mass is 9.84. The van der Waals surface area contributed by atoms with E-state index >= 15 is 0 Å². The predicted molar refractivity (Wildman–Crippen MR) is 243 cm³/mol. The van der Waals surface area contributed by atoms with Crippen molar-refractivity contribution in [3.63, 3.8) is 0 Å². The average Bonchev–Trinajstić information content (AvgIpc) is 3.29. The van der Waals surface area contributed by atoms with Gasteiger partial charge >= 0.3 is 0 Å². The summed E-state index contributed by atoms with van der Waals surface area (Å²) >= 11 is 3.72. The van der Waals surface area contributed by atoms with Crippen molar-refractivity contribution in [1.82, 2.24) is 15.1 Å². The van der Waals surface area contributed by atoms with Gasteiger partial charge in [-0.05, 0) is 59.3 Å². The zero-order chi connectivity index (χ0) is 39.0. The Balaban J connectivity index is 1.06. The summed E-state index contributed by atoms with van der Waals surface area (Å²) < 4.78 is -0.877. The molecule has 1 aliphatic rings. The van der Waals surface area contributed by atoms with E-state index in [1.807, 2.05) is 11.8 Å². The normalized spacial score (nSPS) is 13.7. The molecule has 1 aliphatic heterocycles. The SMILES string of the molecule is O=C(CSC(c1ccccc1)(c1ccccc1)c1ccccc1)NCCN(CCSC(c1ccccc1)(c1ccccc1)c1ccccc1)CCN1CCCCC1. The van der Waals surface area contributed by atoms with Gasteiger partial charge in [0.15, 0.2) is 0 Å². The van der Waals surface area contributed by atoms with Crippen LogP contribution in [-0.4, -0.2) is 73.0 Å². The van der Waals surface area contributed by atoms with Gasteiger partial charge in [0.2, 0.25) is 5.91 Å². The lowest BCUT2D eigenvalue weighted by Gasteiger charge is -2.36. The van der Waals surface area contributed by atoms with Gasteiger partial charge in [-0.1, -0.05) is 188 Å². The van der Waals surface area contributed by atoms with Crippen LogP contribution in [0.25, 0.3) is 0 Å². The molecule has 1 amide bonds. The third kappa shape index (κ3) is 10.1. The highest BCUT2D eigenvalue weighted by Crippen LogP contribution is 2.49. The summed E-state index contributed by atoms with van der Waals surface area (Å²) in [6.07, 6.45) is 3.91. The van der Waals surface area contributed by atoms with Gasteiger partial charge in [0.05, 0.1) is 15.2 Å². The minimum Gasteiger partial charge on any atom is -0.354 e. The summed E-state index contributed by atoms with van der Waals surface area (Å²) in [6.45, 7) is 6.75. The smallest absolute Gasteiger partial charge is 0.230 e. The fraction of sp³-hybridized carbons (Fsp3) is 0.275. The average molecular weight is 790 g/mol. The maximum absolute atomic E-state index is 13.8. The van der Waals surface area contributed by atoms with E-state index in [0.717, 1.165) is 31.9 Å². The lowest BCUT2D eigenvalue weighted by Crippen LogP contribution is -2.42. The highest BCUT2D eigenvalue weighted by molar-refractivity contribution is 8.01. The van der Waals surface area contributed by atoms with Crippen molar-refractivity contribution in [2.75, 3.05) is 57.3 Å². The number of carbonyl (C=O) groups excluding carboxylic acids is 1. The molecular weight excluding hydrogens is 735 g/mol. The molecule has 0 radical (unpaired) electrons. The highest BCUT2D eigenvalue weighted by Gasteiger charge is 2.38. The van der Waals surface area contributed by atoms with Gasteiger partial charge < -0.3 is 10.2 Å². The third-order valence-corrected chi connectivity index (χ3v) is 14.2. The molecule has 1 N–H and O–H groups in total. The van der Waals surface area contributed by atoms with Gasteiger partial charge in [0.25, 0.3) is 0 Å². The molecule has 0 atom stereocenters. The molecule has 0 unspecified atom stereocenters. The Morgan fingerprint density at radius 3 is 1.25 bits per heavy atom. The fourth-order valence-corrected chi connectivity index (χ4v) is 11.2. The molecule has 57 heavy (non-hydrogen) atoms. The quantitative estimate of drug-likeness (QED) is 0.0827. The first-order chi connectivity index (χ1) is 28.2. The topological polar surface area (TPSA) is 35.6 Å². The number of hydrogen-bond acceptors (Lipinski definition) is 5. The van der Waals surface area contributed by atoms with Gasteiger partial charge in [-0.25, -0.2) is 0 Å². The van der Waals surface area contributed by atoms with E-state index in [2.05, 4.69) is 197 Å². The van der Waals surface area contributed by atoms with Crippen LogP contribution in [0.1, 0.15) is 52.6 Å². The van der Waals surface area contributed by atoms with Crippen LogP contribution in [-0.2, 0) is 14.3 Å². The number of likely N-dealkylation sites (tertiary alicyclic amines) is 1. The number of nitrogens with zero attached hydrogens (tertiary/aromatic N) is 2. The van der Waals surface area contributed by atoms with E-state index in [9.17, 15) is 4.79 Å². The van der Waals surface area contributed by atoms with Crippen LogP contribution in [0.3, 0.4) is 0 Å². The number of hydrogen-bond donors (Lipinski definition) is 1. The van der Waals surface area contributed by atoms with Gasteiger partial charge in [-0.3, -0.25) is 9.69 Å². The van der Waals surface area contributed by atoms with Crippen LogP contribution in [0.2, 0.25) is 0 Å². The minimum atomic E-state index is -0.526. The standard InChI is InChI=1S/C51H55N3OS2/c55-49(42-57-51(46-28-14-4-15-29-46,47-30-16-5-17-31-47)48-32-18-6-19-33-48)52-34-37-54(39-38-53-35-20-7-21-36-53)40-41-56-50(43-22-8-1-9-23-43,44-24-10-2-11-25-44)45-26-12-3-13-27-45/h1-6,8-19,22-33H,7,20-21,34-42H2,(H,52,55). The van der Waals surface area contributed by atoms with E-state index in [1.165, 1.54) is 65.7 Å². The largest absolute Gasteiger partial charge is 0.354 e. The van der Waals surface area contributed by atoms with Crippen LogP contribution in [0, 0.1) is 0 Å². The fourth-order valence-electron chi connectivity index (χ4n) is 8.24. The molecule has 292 valence electrons. The number of benzene rings is 6. The molecule has 0 spiro atoms.